The van der Waals surface area contributed by atoms with Gasteiger partial charge >= 0.3 is 0 Å². The van der Waals surface area contributed by atoms with Crippen LogP contribution in [0.1, 0.15) is 19.4 Å². The van der Waals surface area contributed by atoms with Gasteiger partial charge in [-0.2, -0.15) is 4.99 Å². The lowest BCUT2D eigenvalue weighted by atomic mass is 10.1. The molecule has 1 rings (SSSR count). The van der Waals surface area contributed by atoms with Crippen molar-refractivity contribution in [3.63, 3.8) is 0 Å². The second kappa shape index (κ2) is 4.56. The average Bonchev–Trinajstić information content (AvgIpc) is 2.15. The minimum atomic E-state index is -1.02. The van der Waals surface area contributed by atoms with E-state index in [2.05, 4.69) is 16.8 Å². The summed E-state index contributed by atoms with van der Waals surface area (Å²) >= 11 is 0. The normalized spacial score (nSPS) is 9.80. The minimum absolute atomic E-state index is 0.507. The largest absolute Gasteiger partial charge is 0.378 e. The van der Waals surface area contributed by atoms with E-state index in [4.69, 9.17) is 0 Å². The third kappa shape index (κ3) is 4.24. The fourth-order valence-corrected chi connectivity index (χ4v) is 0.931. The molecule has 0 aliphatic rings. The first kappa shape index (κ1) is 11.2. The Kier molecular flexibility index (Phi) is 3.41. The van der Waals surface area contributed by atoms with Crippen molar-refractivity contribution < 1.29 is 9.90 Å². The Morgan fingerprint density at radius 3 is 2.73 bits per heavy atom. The van der Waals surface area contributed by atoms with E-state index >= 15 is 0 Å². The Balaban J connectivity index is 3.00. The monoisotopic (exact) mass is 201 g/mol. The number of rotatable bonds is 1. The first-order chi connectivity index (χ1) is 7.01. The zero-order valence-corrected chi connectivity index (χ0v) is 8.61. The molecule has 0 aliphatic carbocycles. The van der Waals surface area contributed by atoms with Crippen molar-refractivity contribution in [1.82, 2.24) is 0 Å². The van der Waals surface area contributed by atoms with Gasteiger partial charge in [-0.15, -0.1) is 0 Å². The molecule has 3 nitrogen and oxygen atoms in total. The maximum atomic E-state index is 10.0. The van der Waals surface area contributed by atoms with Gasteiger partial charge in [0.2, 0.25) is 6.08 Å². The molecule has 0 unspecified atom stereocenters. The fraction of sp³-hybridized carbons (Fsp3) is 0.250. The van der Waals surface area contributed by atoms with Gasteiger partial charge in [0.15, 0.2) is 0 Å². The molecule has 15 heavy (non-hydrogen) atoms. The molecule has 1 N–H and O–H groups in total. The Hall–Kier alpha value is -1.88. The maximum Gasteiger partial charge on any atom is 0.240 e. The number of benzene rings is 1. The number of hydrogen-bond acceptors (Lipinski definition) is 3. The van der Waals surface area contributed by atoms with Crippen molar-refractivity contribution in [2.45, 2.75) is 19.4 Å². The van der Waals surface area contributed by atoms with Crippen LogP contribution < -0.4 is 0 Å². The van der Waals surface area contributed by atoms with E-state index in [1.807, 2.05) is 0 Å². The van der Waals surface area contributed by atoms with Gasteiger partial charge in [0, 0.05) is 5.56 Å². The highest BCUT2D eigenvalue weighted by Crippen LogP contribution is 2.12. The van der Waals surface area contributed by atoms with Crippen molar-refractivity contribution >= 4 is 11.8 Å². The molecule has 76 valence electrons. The van der Waals surface area contributed by atoms with Crippen LogP contribution in [0.4, 0.5) is 5.69 Å². The molecule has 1 aromatic carbocycles. The number of carbonyl (C=O) groups excluding carboxylic acids is 1. The number of aliphatic imine (C=N–C) groups is 1. The molecule has 0 heterocycles. The van der Waals surface area contributed by atoms with Crippen molar-refractivity contribution in [2.24, 2.45) is 4.99 Å². The molecular formula is C12H11NO2. The van der Waals surface area contributed by atoms with Gasteiger partial charge in [-0.05, 0) is 32.0 Å². The molecule has 0 saturated carbocycles. The van der Waals surface area contributed by atoms with E-state index in [0.717, 1.165) is 0 Å². The molecular weight excluding hydrogens is 190 g/mol. The zero-order chi connectivity index (χ0) is 11.3. The van der Waals surface area contributed by atoms with Gasteiger partial charge in [-0.25, -0.2) is 4.79 Å². The Labute approximate surface area is 88.5 Å². The van der Waals surface area contributed by atoms with Crippen LogP contribution in [-0.2, 0) is 4.79 Å². The van der Waals surface area contributed by atoms with E-state index in [-0.39, 0.29) is 0 Å². The van der Waals surface area contributed by atoms with Crippen LogP contribution in [0.3, 0.4) is 0 Å². The van der Waals surface area contributed by atoms with Crippen molar-refractivity contribution in [3.8, 4) is 11.8 Å². The van der Waals surface area contributed by atoms with Crippen LogP contribution in [0.5, 0.6) is 0 Å². The molecule has 0 aliphatic heterocycles. The summed E-state index contributed by atoms with van der Waals surface area (Å²) in [6.45, 7) is 3.21. The predicted octanol–water partition coefficient (Wildman–Crippen LogP) is 1.78. The standard InChI is InChI=1S/C12H11NO2/c1-12(2,15)7-6-10-4-3-5-11(8-10)13-9-14/h3-5,8,15H,1-2H3. The van der Waals surface area contributed by atoms with Crippen LogP contribution in [0.15, 0.2) is 29.3 Å². The molecule has 0 fully saturated rings. The van der Waals surface area contributed by atoms with Gasteiger partial charge in [0.25, 0.3) is 0 Å². The fourth-order valence-electron chi connectivity index (χ4n) is 0.931. The lowest BCUT2D eigenvalue weighted by molar-refractivity contribution is 0.143. The highest BCUT2D eigenvalue weighted by atomic mass is 16.3. The smallest absolute Gasteiger partial charge is 0.240 e. The number of nitrogens with zero attached hydrogens (tertiary/aromatic N) is 1. The summed E-state index contributed by atoms with van der Waals surface area (Å²) in [6.07, 6.45) is 1.46. The van der Waals surface area contributed by atoms with Crippen molar-refractivity contribution in [2.75, 3.05) is 0 Å². The first-order valence-corrected chi connectivity index (χ1v) is 4.45. The predicted molar refractivity (Wildman–Crippen MR) is 57.4 cm³/mol. The maximum absolute atomic E-state index is 10.0. The van der Waals surface area contributed by atoms with Crippen molar-refractivity contribution in [1.29, 1.82) is 0 Å². The number of aliphatic hydroxyl groups is 1. The van der Waals surface area contributed by atoms with E-state index < -0.39 is 5.60 Å². The minimum Gasteiger partial charge on any atom is -0.378 e. The summed E-state index contributed by atoms with van der Waals surface area (Å²) in [7, 11) is 0. The van der Waals surface area contributed by atoms with Gasteiger partial charge in [0.1, 0.15) is 5.60 Å². The van der Waals surface area contributed by atoms with Gasteiger partial charge < -0.3 is 5.11 Å². The number of hydrogen-bond donors (Lipinski definition) is 1. The lowest BCUT2D eigenvalue weighted by Gasteiger charge is -2.05. The Morgan fingerprint density at radius 1 is 1.40 bits per heavy atom. The van der Waals surface area contributed by atoms with E-state index in [1.54, 1.807) is 38.1 Å². The third-order valence-electron chi connectivity index (χ3n) is 1.53. The van der Waals surface area contributed by atoms with Gasteiger partial charge in [0.05, 0.1) is 5.69 Å². The first-order valence-electron chi connectivity index (χ1n) is 4.45. The van der Waals surface area contributed by atoms with Crippen LogP contribution in [0.2, 0.25) is 0 Å². The average molecular weight is 201 g/mol. The Morgan fingerprint density at radius 2 is 2.13 bits per heavy atom. The topological polar surface area (TPSA) is 49.7 Å². The second-order valence-electron chi connectivity index (χ2n) is 3.56. The summed E-state index contributed by atoms with van der Waals surface area (Å²) < 4.78 is 0. The van der Waals surface area contributed by atoms with Gasteiger partial charge in [-0.3, -0.25) is 0 Å². The molecule has 0 bridgehead atoms. The molecule has 0 spiro atoms. The third-order valence-corrected chi connectivity index (χ3v) is 1.53. The highest BCUT2D eigenvalue weighted by Gasteiger charge is 2.05. The summed E-state index contributed by atoms with van der Waals surface area (Å²) in [5, 5.41) is 9.39. The second-order valence-corrected chi connectivity index (χ2v) is 3.56. The van der Waals surface area contributed by atoms with Crippen LogP contribution in [-0.4, -0.2) is 16.8 Å². The molecule has 0 aromatic heterocycles. The van der Waals surface area contributed by atoms with Crippen LogP contribution >= 0.6 is 0 Å². The molecule has 1 aromatic rings. The molecule has 3 heteroatoms. The van der Waals surface area contributed by atoms with E-state index in [9.17, 15) is 9.90 Å². The molecule has 0 amide bonds. The molecule has 0 atom stereocenters. The lowest BCUT2D eigenvalue weighted by Crippen LogP contribution is -2.14. The SMILES string of the molecule is CC(C)(O)C#Cc1cccc(N=C=O)c1. The quantitative estimate of drug-likeness (QED) is 0.427. The molecule has 0 radical (unpaired) electrons. The van der Waals surface area contributed by atoms with E-state index in [0.29, 0.717) is 11.3 Å². The highest BCUT2D eigenvalue weighted by molar-refractivity contribution is 5.52. The van der Waals surface area contributed by atoms with Crippen LogP contribution in [0.25, 0.3) is 0 Å². The van der Waals surface area contributed by atoms with Crippen molar-refractivity contribution in [3.05, 3.63) is 29.8 Å². The Bertz CT molecular complexity index is 454. The summed E-state index contributed by atoms with van der Waals surface area (Å²) in [5.41, 5.74) is 0.186. The van der Waals surface area contributed by atoms with E-state index in [1.165, 1.54) is 6.08 Å². The number of isocyanates is 1. The van der Waals surface area contributed by atoms with Crippen LogP contribution in [0, 0.1) is 11.8 Å². The summed E-state index contributed by atoms with van der Waals surface area (Å²) in [6, 6.07) is 6.86. The summed E-state index contributed by atoms with van der Waals surface area (Å²) in [5.74, 6) is 5.47. The molecule has 0 saturated heterocycles. The zero-order valence-electron chi connectivity index (χ0n) is 8.61. The van der Waals surface area contributed by atoms with Gasteiger partial charge in [-0.1, -0.05) is 17.9 Å². The summed E-state index contributed by atoms with van der Waals surface area (Å²) in [4.78, 5) is 13.5.